The molecule has 20 heavy (non-hydrogen) atoms. The zero-order chi connectivity index (χ0) is 14.7. The highest BCUT2D eigenvalue weighted by molar-refractivity contribution is 6.36. The third-order valence-corrected chi connectivity index (χ3v) is 3.26. The monoisotopic (exact) mass is 312 g/mol. The first-order valence-corrected chi connectivity index (χ1v) is 6.71. The number of benzene rings is 2. The maximum Gasteiger partial charge on any atom is 0.341 e. The summed E-state index contributed by atoms with van der Waals surface area (Å²) < 4.78 is 19.2. The van der Waals surface area contributed by atoms with E-state index in [-0.39, 0.29) is 17.7 Å². The summed E-state index contributed by atoms with van der Waals surface area (Å²) in [7, 11) is 0. The summed E-state index contributed by atoms with van der Waals surface area (Å²) >= 11 is 11.9. The van der Waals surface area contributed by atoms with Crippen molar-refractivity contribution in [3.63, 3.8) is 0 Å². The number of rotatable bonds is 3. The summed E-state index contributed by atoms with van der Waals surface area (Å²) in [5.41, 5.74) is 0.590. The minimum atomic E-state index is -0.697. The van der Waals surface area contributed by atoms with Gasteiger partial charge in [0.05, 0.1) is 12.2 Å². The van der Waals surface area contributed by atoms with Crippen LogP contribution in [0.2, 0.25) is 10.0 Å². The summed E-state index contributed by atoms with van der Waals surface area (Å²) in [4.78, 5) is 11.7. The second-order valence-corrected chi connectivity index (χ2v) is 4.86. The summed E-state index contributed by atoms with van der Waals surface area (Å²) in [5.74, 6) is -1.35. The molecule has 0 atom stereocenters. The number of ether oxygens (including phenoxy) is 1. The van der Waals surface area contributed by atoms with E-state index in [1.165, 1.54) is 12.1 Å². The Morgan fingerprint density at radius 3 is 2.60 bits per heavy atom. The molecule has 2 aromatic rings. The number of halogens is 3. The molecule has 5 heteroatoms. The second-order valence-electron chi connectivity index (χ2n) is 4.01. The van der Waals surface area contributed by atoms with Crippen molar-refractivity contribution >= 4 is 29.2 Å². The Balaban J connectivity index is 2.53. The molecule has 0 radical (unpaired) electrons. The van der Waals surface area contributed by atoms with E-state index in [0.29, 0.717) is 15.6 Å². The minimum Gasteiger partial charge on any atom is -0.462 e. The predicted octanol–water partition coefficient (Wildman–Crippen LogP) is 4.98. The van der Waals surface area contributed by atoms with E-state index in [4.69, 9.17) is 27.9 Å². The maximum absolute atomic E-state index is 14.4. The first-order valence-electron chi connectivity index (χ1n) is 5.95. The molecule has 0 fully saturated rings. The van der Waals surface area contributed by atoms with Crippen LogP contribution in [0.1, 0.15) is 17.3 Å². The van der Waals surface area contributed by atoms with Gasteiger partial charge in [-0.3, -0.25) is 0 Å². The van der Waals surface area contributed by atoms with Crippen molar-refractivity contribution in [2.75, 3.05) is 6.61 Å². The van der Waals surface area contributed by atoms with Crippen LogP contribution in [0.15, 0.2) is 36.4 Å². The molecule has 0 aliphatic heterocycles. The van der Waals surface area contributed by atoms with Gasteiger partial charge in [-0.05, 0) is 25.1 Å². The fraction of sp³-hybridized carbons (Fsp3) is 0.133. The molecule has 0 saturated heterocycles. The molecule has 0 bridgehead atoms. The van der Waals surface area contributed by atoms with Crippen molar-refractivity contribution in [1.82, 2.24) is 0 Å². The highest BCUT2D eigenvalue weighted by atomic mass is 35.5. The number of esters is 1. The van der Waals surface area contributed by atoms with E-state index in [1.54, 1.807) is 31.2 Å². The normalized spacial score (nSPS) is 10.4. The standard InChI is InChI=1S/C15H11Cl2FO2/c1-2-20-15(19)12-5-3-4-11(14(12)18)10-7-6-9(16)8-13(10)17/h3-8H,2H2,1H3. The fourth-order valence-corrected chi connectivity index (χ4v) is 2.32. The highest BCUT2D eigenvalue weighted by Crippen LogP contribution is 2.33. The van der Waals surface area contributed by atoms with Gasteiger partial charge >= 0.3 is 5.97 Å². The van der Waals surface area contributed by atoms with Gasteiger partial charge in [0.1, 0.15) is 5.82 Å². The van der Waals surface area contributed by atoms with E-state index in [9.17, 15) is 9.18 Å². The molecule has 0 saturated carbocycles. The lowest BCUT2D eigenvalue weighted by molar-refractivity contribution is 0.0521. The molecule has 0 spiro atoms. The van der Waals surface area contributed by atoms with E-state index in [2.05, 4.69) is 0 Å². The third kappa shape index (κ3) is 2.94. The zero-order valence-corrected chi connectivity index (χ0v) is 12.1. The predicted molar refractivity (Wildman–Crippen MR) is 77.8 cm³/mol. The molecule has 2 nitrogen and oxygen atoms in total. The van der Waals surface area contributed by atoms with Crippen LogP contribution in [0.4, 0.5) is 4.39 Å². The molecular formula is C15H11Cl2FO2. The minimum absolute atomic E-state index is 0.115. The third-order valence-electron chi connectivity index (χ3n) is 2.72. The summed E-state index contributed by atoms with van der Waals surface area (Å²) in [6, 6.07) is 9.25. The topological polar surface area (TPSA) is 26.3 Å². The Hall–Kier alpha value is -1.58. The average Bonchev–Trinajstić information content (AvgIpc) is 2.40. The smallest absolute Gasteiger partial charge is 0.341 e. The quantitative estimate of drug-likeness (QED) is 0.747. The molecular weight excluding hydrogens is 302 g/mol. The molecule has 0 aromatic heterocycles. The second kappa shape index (κ2) is 6.25. The van der Waals surface area contributed by atoms with E-state index < -0.39 is 11.8 Å². The molecule has 0 N–H and O–H groups in total. The molecule has 0 aliphatic rings. The first-order chi connectivity index (χ1) is 9.54. The molecule has 2 rings (SSSR count). The van der Waals surface area contributed by atoms with Gasteiger partial charge in [-0.2, -0.15) is 0 Å². The van der Waals surface area contributed by atoms with Crippen molar-refractivity contribution < 1.29 is 13.9 Å². The fourth-order valence-electron chi connectivity index (χ4n) is 1.81. The molecule has 0 aliphatic carbocycles. The molecule has 2 aromatic carbocycles. The van der Waals surface area contributed by atoms with Crippen LogP contribution < -0.4 is 0 Å². The van der Waals surface area contributed by atoms with Crippen LogP contribution >= 0.6 is 23.2 Å². The van der Waals surface area contributed by atoms with Crippen LogP contribution in [0.5, 0.6) is 0 Å². The van der Waals surface area contributed by atoms with Crippen LogP contribution in [0, 0.1) is 5.82 Å². The number of hydrogen-bond acceptors (Lipinski definition) is 2. The maximum atomic E-state index is 14.4. The lowest BCUT2D eigenvalue weighted by atomic mass is 10.0. The lowest BCUT2D eigenvalue weighted by Crippen LogP contribution is -2.07. The summed E-state index contributed by atoms with van der Waals surface area (Å²) in [6.45, 7) is 1.85. The molecule has 104 valence electrons. The average molecular weight is 313 g/mol. The van der Waals surface area contributed by atoms with Crippen LogP contribution in [-0.2, 0) is 4.74 Å². The van der Waals surface area contributed by atoms with Crippen molar-refractivity contribution in [3.8, 4) is 11.1 Å². The Morgan fingerprint density at radius 2 is 1.95 bits per heavy atom. The first kappa shape index (κ1) is 14.8. The van der Waals surface area contributed by atoms with E-state index >= 15 is 0 Å². The van der Waals surface area contributed by atoms with Crippen LogP contribution in [0.3, 0.4) is 0 Å². The summed E-state index contributed by atoms with van der Waals surface area (Å²) in [6.07, 6.45) is 0. The SMILES string of the molecule is CCOC(=O)c1cccc(-c2ccc(Cl)cc2Cl)c1F. The van der Waals surface area contributed by atoms with Crippen LogP contribution in [-0.4, -0.2) is 12.6 Å². The van der Waals surface area contributed by atoms with E-state index in [1.807, 2.05) is 0 Å². The molecule has 0 unspecified atom stereocenters. The van der Waals surface area contributed by atoms with Crippen molar-refractivity contribution in [2.24, 2.45) is 0 Å². The van der Waals surface area contributed by atoms with Crippen molar-refractivity contribution in [2.45, 2.75) is 6.92 Å². The Bertz CT molecular complexity index is 656. The van der Waals surface area contributed by atoms with Crippen molar-refractivity contribution in [1.29, 1.82) is 0 Å². The number of hydrogen-bond donors (Lipinski definition) is 0. The van der Waals surface area contributed by atoms with Gasteiger partial charge in [-0.1, -0.05) is 41.4 Å². The van der Waals surface area contributed by atoms with Gasteiger partial charge in [-0.25, -0.2) is 9.18 Å². The van der Waals surface area contributed by atoms with Gasteiger partial charge in [0.25, 0.3) is 0 Å². The van der Waals surface area contributed by atoms with Gasteiger partial charge in [0, 0.05) is 21.2 Å². The van der Waals surface area contributed by atoms with Gasteiger partial charge in [0.2, 0.25) is 0 Å². The lowest BCUT2D eigenvalue weighted by Gasteiger charge is -2.09. The number of carbonyl (C=O) groups excluding carboxylic acids is 1. The number of carbonyl (C=O) groups is 1. The Morgan fingerprint density at radius 1 is 1.20 bits per heavy atom. The molecule has 0 amide bonds. The zero-order valence-electron chi connectivity index (χ0n) is 10.6. The highest BCUT2D eigenvalue weighted by Gasteiger charge is 2.18. The summed E-state index contributed by atoms with van der Waals surface area (Å²) in [5, 5.41) is 0.776. The van der Waals surface area contributed by atoms with Crippen molar-refractivity contribution in [3.05, 3.63) is 57.8 Å². The largest absolute Gasteiger partial charge is 0.462 e. The Kier molecular flexibility index (Phi) is 4.63. The van der Waals surface area contributed by atoms with Gasteiger partial charge in [0.15, 0.2) is 0 Å². The molecule has 0 heterocycles. The van der Waals surface area contributed by atoms with Gasteiger partial charge in [-0.15, -0.1) is 0 Å². The Labute approximate surface area is 126 Å². The van der Waals surface area contributed by atoms with Crippen LogP contribution in [0.25, 0.3) is 11.1 Å². The van der Waals surface area contributed by atoms with E-state index in [0.717, 1.165) is 0 Å². The van der Waals surface area contributed by atoms with Gasteiger partial charge < -0.3 is 4.74 Å².